The van der Waals surface area contributed by atoms with Crippen LogP contribution in [-0.4, -0.2) is 73.1 Å². The van der Waals surface area contributed by atoms with Crippen LogP contribution in [0.3, 0.4) is 0 Å². The maximum atomic E-state index is 12.1. The van der Waals surface area contributed by atoms with E-state index in [9.17, 15) is 15.0 Å². The number of ether oxygens (including phenoxy) is 1. The topological polar surface area (TPSA) is 107 Å². The van der Waals surface area contributed by atoms with E-state index in [4.69, 9.17) is 10.00 Å². The van der Waals surface area contributed by atoms with Crippen LogP contribution in [0, 0.1) is 23.2 Å². The molecule has 1 saturated heterocycles. The van der Waals surface area contributed by atoms with Crippen LogP contribution in [-0.2, 0) is 4.79 Å². The van der Waals surface area contributed by atoms with Crippen molar-refractivity contribution in [3.05, 3.63) is 52.6 Å². The third-order valence-corrected chi connectivity index (χ3v) is 10.3. The Kier molecular flexibility index (Phi) is 8.88. The van der Waals surface area contributed by atoms with Gasteiger partial charge in [-0.2, -0.15) is 0 Å². The van der Waals surface area contributed by atoms with Crippen molar-refractivity contribution in [2.24, 2.45) is 11.8 Å². The molecule has 35 heavy (non-hydrogen) atoms. The van der Waals surface area contributed by atoms with E-state index in [1.165, 1.54) is 3.77 Å². The number of hydrogen-bond donors (Lipinski definition) is 2. The summed E-state index contributed by atoms with van der Waals surface area (Å²) >= 11 is 1.90. The molecule has 1 aliphatic rings. The van der Waals surface area contributed by atoms with Crippen molar-refractivity contribution < 1.29 is 19.7 Å². The summed E-state index contributed by atoms with van der Waals surface area (Å²) in [5.74, 6) is 0.455. The minimum Gasteiger partial charge on any atom is -0.0102 e. The second kappa shape index (κ2) is 12.1. The fourth-order valence-electron chi connectivity index (χ4n) is 4.72. The normalized spacial score (nSPS) is 19.3. The van der Waals surface area contributed by atoms with Crippen LogP contribution in [0.5, 0.6) is 5.75 Å². The van der Waals surface area contributed by atoms with E-state index in [2.05, 4.69) is 16.0 Å². The number of aliphatic hydroxyl groups excluding tert-OH is 1. The van der Waals surface area contributed by atoms with Crippen molar-refractivity contribution in [2.45, 2.75) is 29.1 Å². The molecule has 1 fully saturated rings. The predicted molar refractivity (Wildman–Crippen MR) is 137 cm³/mol. The van der Waals surface area contributed by atoms with Crippen LogP contribution in [0.2, 0.25) is 0 Å². The van der Waals surface area contributed by atoms with Gasteiger partial charge in [0.25, 0.3) is 0 Å². The zero-order valence-electron chi connectivity index (χ0n) is 19.6. The maximum Gasteiger partial charge on any atom is 0.00964 e. The van der Waals surface area contributed by atoms with Gasteiger partial charge in [0.1, 0.15) is 5.75 Å². The molecule has 184 valence electrons. The molecule has 1 aliphatic heterocycles. The molecule has 9 heteroatoms. The van der Waals surface area contributed by atoms with E-state index in [0.29, 0.717) is 25.1 Å². The summed E-state index contributed by atoms with van der Waals surface area (Å²) in [7, 11) is 1.61. The van der Waals surface area contributed by atoms with Crippen LogP contribution in [0.25, 0.3) is 10.9 Å². The Morgan fingerprint density at radius 2 is 2.23 bits per heavy atom. The molecule has 0 unspecified atom stereocenters. The van der Waals surface area contributed by atoms with Gasteiger partial charge in [0, 0.05) is 11.6 Å². The molecular weight excluding hydrogens is 529 g/mol. The van der Waals surface area contributed by atoms with E-state index < -0.39 is 18.0 Å². The number of carboxylic acids is 1. The zero-order chi connectivity index (χ0) is 24.8. The average Bonchev–Trinajstić information content (AvgIpc) is 3.34. The minimum atomic E-state index is -0.759. The average molecular weight is 559 g/mol. The number of aliphatic carboxylic acids is 1. The standard InChI is InChI=1S/C26H29N3O4SSe/c1-33-18-3-5-23-21(14-18)20(8-10-28-23)24(30)6-2-17-9-11-29(16-22(17)26(31)32)12-13-34-25-7-4-19(15-27)35-25/h3-5,7-8,10,14,17,22,24,30H,2,6,9,11-13,16H2,1H3,(H,31,32)/t17-,22+,24+/m1/s1. The smallest absolute Gasteiger partial charge is 0.00964 e. The number of carbonyl (C=O) groups is 1. The number of fused-ring (bicyclic) bond motifs is 1. The molecule has 0 radical (unpaired) electrons. The number of carboxylic acid groups (broad SMARTS) is 1. The number of aromatic nitrogens is 1. The van der Waals surface area contributed by atoms with Crippen molar-refractivity contribution in [3.63, 3.8) is 0 Å². The van der Waals surface area contributed by atoms with Crippen molar-refractivity contribution >= 4 is 43.1 Å². The SMILES string of the molecule is COc1ccc2nccc([C@@H](O)CC[C@@H]3CCN(CCSc4ccc(C#N)[se]4)C[C@@H]3C(=O)O)c2c1. The number of thioether (sulfide) groups is 1. The molecule has 3 atom stereocenters. The first kappa shape index (κ1) is 25.7. The number of methoxy groups -OCH3 is 1. The van der Waals surface area contributed by atoms with Gasteiger partial charge < -0.3 is 4.74 Å². The molecule has 0 aliphatic carbocycles. The monoisotopic (exact) mass is 559 g/mol. The summed E-state index contributed by atoms with van der Waals surface area (Å²) in [4.78, 5) is 18.7. The van der Waals surface area contributed by atoms with E-state index in [1.54, 1.807) is 25.1 Å². The van der Waals surface area contributed by atoms with E-state index in [1.807, 2.05) is 36.4 Å². The Bertz CT molecular complexity index is 1210. The van der Waals surface area contributed by atoms with Gasteiger partial charge in [0.2, 0.25) is 0 Å². The largest absolute Gasteiger partial charge is 0.0102 e. The molecule has 3 aromatic rings. The van der Waals surface area contributed by atoms with Crippen LogP contribution in [0.4, 0.5) is 0 Å². The Balaban J connectivity index is 1.33. The number of aliphatic hydroxyl groups is 1. The summed E-state index contributed by atoms with van der Waals surface area (Å²) in [5.41, 5.74) is 1.60. The van der Waals surface area contributed by atoms with Crippen molar-refractivity contribution in [2.75, 3.05) is 32.5 Å². The molecule has 2 N–H and O–H groups in total. The molecule has 2 aromatic heterocycles. The summed E-state index contributed by atoms with van der Waals surface area (Å²) in [6, 6.07) is 13.6. The molecule has 0 bridgehead atoms. The Hall–Kier alpha value is -2.34. The van der Waals surface area contributed by atoms with Gasteiger partial charge in [-0.25, -0.2) is 0 Å². The fourth-order valence-corrected chi connectivity index (χ4v) is 7.98. The number of hydrogen-bond acceptors (Lipinski definition) is 7. The Morgan fingerprint density at radius 1 is 1.37 bits per heavy atom. The van der Waals surface area contributed by atoms with E-state index in [-0.39, 0.29) is 20.4 Å². The molecule has 1 aromatic carbocycles. The first-order valence-corrected chi connectivity index (χ1v) is 14.4. The van der Waals surface area contributed by atoms with Gasteiger partial charge in [-0.3, -0.25) is 4.98 Å². The number of benzene rings is 1. The quantitative estimate of drug-likeness (QED) is 0.286. The van der Waals surface area contributed by atoms with Gasteiger partial charge in [-0.05, 0) is 24.3 Å². The van der Waals surface area contributed by atoms with Gasteiger partial charge in [0.15, 0.2) is 0 Å². The van der Waals surface area contributed by atoms with Crippen LogP contribution in [0.15, 0.2) is 46.4 Å². The summed E-state index contributed by atoms with van der Waals surface area (Å²) in [6.45, 7) is 2.24. The van der Waals surface area contributed by atoms with E-state index in [0.717, 1.165) is 46.2 Å². The molecule has 4 rings (SSSR count). The third kappa shape index (κ3) is 6.46. The summed E-state index contributed by atoms with van der Waals surface area (Å²) in [6.07, 6.45) is 2.98. The van der Waals surface area contributed by atoms with Gasteiger partial charge in [-0.15, -0.1) is 0 Å². The predicted octanol–water partition coefficient (Wildman–Crippen LogP) is 3.80. The Labute approximate surface area is 215 Å². The fraction of sp³-hybridized carbons (Fsp3) is 0.423. The molecule has 3 heterocycles. The summed E-state index contributed by atoms with van der Waals surface area (Å²) in [5, 5.41) is 30.7. The first-order valence-electron chi connectivity index (χ1n) is 11.7. The molecule has 0 saturated carbocycles. The van der Waals surface area contributed by atoms with Gasteiger partial charge >= 0.3 is 152 Å². The molecule has 7 nitrogen and oxygen atoms in total. The molecule has 0 spiro atoms. The number of nitriles is 1. The third-order valence-electron chi connectivity index (χ3n) is 6.65. The summed E-state index contributed by atoms with van der Waals surface area (Å²) < 4.78 is 7.44. The van der Waals surface area contributed by atoms with Crippen molar-refractivity contribution in [3.8, 4) is 11.8 Å². The molecular formula is C26H29N3O4SSe. The number of rotatable bonds is 10. The second-order valence-electron chi connectivity index (χ2n) is 8.75. The number of likely N-dealkylation sites (tertiary alicyclic amines) is 1. The van der Waals surface area contributed by atoms with Crippen molar-refractivity contribution in [1.29, 1.82) is 5.26 Å². The zero-order valence-corrected chi connectivity index (χ0v) is 22.1. The first-order chi connectivity index (χ1) is 17.0. The van der Waals surface area contributed by atoms with Crippen LogP contribution >= 0.6 is 11.8 Å². The van der Waals surface area contributed by atoms with Crippen LogP contribution < -0.4 is 4.74 Å². The Morgan fingerprint density at radius 3 is 2.97 bits per heavy atom. The number of piperidine rings is 1. The van der Waals surface area contributed by atoms with Crippen LogP contribution in [0.1, 0.15) is 35.4 Å². The van der Waals surface area contributed by atoms with Gasteiger partial charge in [0.05, 0.1) is 12.6 Å². The number of pyridine rings is 1. The molecule has 0 amide bonds. The van der Waals surface area contributed by atoms with E-state index >= 15 is 0 Å². The van der Waals surface area contributed by atoms with Gasteiger partial charge in [-0.1, -0.05) is 0 Å². The maximum absolute atomic E-state index is 12.1. The minimum absolute atomic E-state index is 0.0388. The van der Waals surface area contributed by atoms with Crippen molar-refractivity contribution in [1.82, 2.24) is 9.88 Å². The second-order valence-corrected chi connectivity index (χ2v) is 12.7. The number of nitrogens with zero attached hydrogens (tertiary/aromatic N) is 3.